The van der Waals surface area contributed by atoms with Crippen LogP contribution in [0, 0.1) is 59.5 Å². The third-order valence-corrected chi connectivity index (χ3v) is 16.7. The fourth-order valence-electron chi connectivity index (χ4n) is 7.41. The molecular formula is C87H140N6O13. The first-order valence-corrected chi connectivity index (χ1v) is 37.8. The molecule has 2 amide bonds. The summed E-state index contributed by atoms with van der Waals surface area (Å²) in [5.41, 5.74) is 6.16. The van der Waals surface area contributed by atoms with E-state index >= 15 is 0 Å². The molecule has 19 nitrogen and oxygen atoms in total. The Labute approximate surface area is 643 Å². The molecule has 0 heterocycles. The monoisotopic (exact) mass is 1480 g/mol. The topological polar surface area (TPSA) is 232 Å². The first kappa shape index (κ1) is 106. The van der Waals surface area contributed by atoms with Gasteiger partial charge >= 0.3 is 18.0 Å². The third-order valence-electron chi connectivity index (χ3n) is 16.7. The number of nitriles is 2. The average molecular weight is 1480 g/mol. The third kappa shape index (κ3) is 62.1. The zero-order valence-electron chi connectivity index (χ0n) is 68.9. The molecule has 0 aliphatic heterocycles. The molecular weight excluding hydrogens is 1340 g/mol. The Morgan fingerprint density at radius 2 is 1.05 bits per heavy atom. The predicted molar refractivity (Wildman–Crippen MR) is 434 cm³/mol. The summed E-state index contributed by atoms with van der Waals surface area (Å²) in [5.74, 6) is 1.35. The minimum atomic E-state index is -0.479. The lowest BCUT2D eigenvalue weighted by atomic mass is 9.81. The Bertz CT molecular complexity index is 2850. The van der Waals surface area contributed by atoms with Crippen LogP contribution in [0.1, 0.15) is 240 Å². The molecule has 0 aliphatic rings. The van der Waals surface area contributed by atoms with E-state index in [9.17, 15) is 19.2 Å². The van der Waals surface area contributed by atoms with Gasteiger partial charge in [0, 0.05) is 24.3 Å². The van der Waals surface area contributed by atoms with Gasteiger partial charge in [0.25, 0.3) is 0 Å². The van der Waals surface area contributed by atoms with Crippen molar-refractivity contribution in [3.05, 3.63) is 174 Å². The average Bonchev–Trinajstić information content (AvgIpc) is 0.818. The van der Waals surface area contributed by atoms with Crippen LogP contribution < -0.4 is 10.6 Å². The number of carbonyl (C=O) groups is 4. The van der Waals surface area contributed by atoms with Crippen LogP contribution in [0.2, 0.25) is 0 Å². The molecule has 3 rings (SSSR count). The standard InChI is InChI=1S/C18H27NO2.C17H24O4.C15H22O2.C9H17NO2.C8H13NO2.C8H15NO.2C6H11N/c1-7-13-21-16(20)19-18(5,6)15-11-9-14(10-12-15)17(3,4)8-2;1-4-14(3)15-6-8-16(9-7-15)17(18)21-13-12-20-11-10-19-5-2;1-4-13(3)17-11-10-16-12-15-8-6-14(5-2)7-9-15;1-3-9(2)12-8-7-11-6-4-5-10;1-3-7(2)8(10)11-6-4-5-9;1-4-6-9-8(10)7(3)5-2;2*1-4-6(2)5-7-3/h7,9-12H,1,8,13H2,2-6H3,(H,19,20);5-9,14H,2,4,10-13H2,1,3H3;5-9,13H,2,4,10-12H2,1,3H3;9H,3-4,6-8H2,1-2H3;7H,3-4,6H2,1-2H3;4,7H,1,5-6H2,2-3H3,(H,9,10);2*6H,4-5H2,1-2H3. The van der Waals surface area contributed by atoms with Crippen LogP contribution in [0.15, 0.2) is 118 Å². The highest BCUT2D eigenvalue weighted by Gasteiger charge is 2.25. The van der Waals surface area contributed by atoms with Crippen LogP contribution >= 0.6 is 0 Å². The number of nitrogens with zero attached hydrogens (tertiary/aromatic N) is 4. The van der Waals surface area contributed by atoms with Gasteiger partial charge < -0.3 is 63.0 Å². The maximum absolute atomic E-state index is 11.8. The number of rotatable bonds is 43. The molecule has 0 spiro atoms. The van der Waals surface area contributed by atoms with E-state index in [0.717, 1.165) is 62.5 Å². The lowest BCUT2D eigenvalue weighted by Crippen LogP contribution is -2.41. The maximum Gasteiger partial charge on any atom is 0.408 e. The number of hydrogen-bond donors (Lipinski definition) is 2. The first-order chi connectivity index (χ1) is 50.5. The molecule has 0 radical (unpaired) electrons. The summed E-state index contributed by atoms with van der Waals surface area (Å²) in [6.45, 7) is 73.9. The van der Waals surface area contributed by atoms with Crippen molar-refractivity contribution in [1.82, 2.24) is 10.6 Å². The lowest BCUT2D eigenvalue weighted by molar-refractivity contribution is -0.147. The van der Waals surface area contributed by atoms with Crippen molar-refractivity contribution in [3.8, 4) is 12.1 Å². The van der Waals surface area contributed by atoms with Crippen LogP contribution in [0.3, 0.4) is 0 Å². The van der Waals surface area contributed by atoms with Gasteiger partial charge in [0.2, 0.25) is 19.0 Å². The highest BCUT2D eigenvalue weighted by Crippen LogP contribution is 2.29. The summed E-state index contributed by atoms with van der Waals surface area (Å²) < 4.78 is 46.6. The van der Waals surface area contributed by atoms with Gasteiger partial charge in [-0.15, -0.1) is 6.58 Å². The second kappa shape index (κ2) is 72.4. The Balaban J connectivity index is -0.000000378. The normalized spacial score (nSPS) is 12.1. The Kier molecular flexibility index (Phi) is 72.7. The van der Waals surface area contributed by atoms with Gasteiger partial charge in [-0.25, -0.2) is 22.7 Å². The van der Waals surface area contributed by atoms with Gasteiger partial charge in [0.1, 0.15) is 26.4 Å². The van der Waals surface area contributed by atoms with E-state index in [1.54, 1.807) is 12.2 Å². The van der Waals surface area contributed by atoms with E-state index in [1.165, 1.54) is 23.0 Å². The molecule has 0 aromatic heterocycles. The first-order valence-electron chi connectivity index (χ1n) is 37.8. The quantitative estimate of drug-likeness (QED) is 0.0134. The van der Waals surface area contributed by atoms with Gasteiger partial charge in [-0.05, 0) is 130 Å². The van der Waals surface area contributed by atoms with Gasteiger partial charge in [-0.2, -0.15) is 10.5 Å². The van der Waals surface area contributed by atoms with Crippen molar-refractivity contribution in [3.63, 3.8) is 0 Å². The number of esters is 2. The molecule has 2 N–H and O–H groups in total. The second-order valence-electron chi connectivity index (χ2n) is 26.3. The van der Waals surface area contributed by atoms with Crippen LogP contribution in [-0.4, -0.2) is 128 Å². The number of benzene rings is 3. The number of ether oxygens (including phenoxy) is 9. The Morgan fingerprint density at radius 3 is 1.49 bits per heavy atom. The van der Waals surface area contributed by atoms with Crippen molar-refractivity contribution >= 4 is 30.0 Å². The molecule has 596 valence electrons. The summed E-state index contributed by atoms with van der Waals surface area (Å²) in [4.78, 5) is 51.9. The molecule has 0 aliphatic carbocycles. The minimum absolute atomic E-state index is 0.0475. The van der Waals surface area contributed by atoms with Gasteiger partial charge in [-0.1, -0.05) is 202 Å². The van der Waals surface area contributed by atoms with E-state index in [1.807, 2.05) is 103 Å². The smallest absolute Gasteiger partial charge is 0.408 e. The fraction of sp³-hybridized carbons (Fsp3) is 0.609. The van der Waals surface area contributed by atoms with Gasteiger partial charge in [0.15, 0.2) is 0 Å². The van der Waals surface area contributed by atoms with Gasteiger partial charge in [0.05, 0.1) is 113 Å². The zero-order valence-corrected chi connectivity index (χ0v) is 68.9. The fourth-order valence-corrected chi connectivity index (χ4v) is 7.41. The number of carbonyl (C=O) groups excluding carboxylic acids is 4. The number of amides is 2. The van der Waals surface area contributed by atoms with Crippen LogP contribution in [0.5, 0.6) is 0 Å². The minimum Gasteiger partial charge on any atom is -0.499 e. The van der Waals surface area contributed by atoms with E-state index < -0.39 is 11.6 Å². The maximum atomic E-state index is 11.8. The number of alkyl carbamates (subject to hydrolysis) is 1. The van der Waals surface area contributed by atoms with Gasteiger partial charge in [-0.3, -0.25) is 9.59 Å². The zero-order chi connectivity index (χ0) is 81.4. The van der Waals surface area contributed by atoms with E-state index in [-0.39, 0.29) is 61.3 Å². The van der Waals surface area contributed by atoms with Crippen molar-refractivity contribution in [2.45, 2.75) is 231 Å². The summed E-state index contributed by atoms with van der Waals surface area (Å²) in [6.07, 6.45) is 15.5. The Morgan fingerprint density at radius 1 is 0.547 bits per heavy atom. The van der Waals surface area contributed by atoms with E-state index in [4.69, 9.17) is 66.3 Å². The number of nitrogens with one attached hydrogen (secondary N) is 2. The van der Waals surface area contributed by atoms with Crippen molar-refractivity contribution in [1.29, 1.82) is 10.5 Å². The predicted octanol–water partition coefficient (Wildman–Crippen LogP) is 20.2. The molecule has 0 saturated heterocycles. The summed E-state index contributed by atoms with van der Waals surface area (Å²) in [6, 6.07) is 28.1. The van der Waals surface area contributed by atoms with Crippen LogP contribution in [-0.2, 0) is 69.8 Å². The molecule has 0 saturated carbocycles. The summed E-state index contributed by atoms with van der Waals surface area (Å²) in [5, 5.41) is 21.9. The molecule has 7 atom stereocenters. The molecule has 3 aromatic carbocycles. The molecule has 106 heavy (non-hydrogen) atoms. The SMILES string of the molecule is C=CCNC(=O)C(C)CC.C=CCOC(=O)NC(C)(C)c1ccc(C(C)(C)CC)cc1.C=COCCOCCOC(=O)c1ccc(C(C)CC)cc1.C=Cc1ccc(COCCOC(C)CC)cc1.CCC(C)C(=O)OCCC#N.CCC(C)OCCOCCC#N.[C-]#[N+]CC(C)CC.[C-]#[N+]CC(C)CC. The summed E-state index contributed by atoms with van der Waals surface area (Å²) >= 11 is 0. The molecule has 19 heteroatoms. The van der Waals surface area contributed by atoms with Crippen molar-refractivity contribution < 1.29 is 61.8 Å². The van der Waals surface area contributed by atoms with Crippen LogP contribution in [0.4, 0.5) is 4.79 Å². The van der Waals surface area contributed by atoms with Crippen molar-refractivity contribution in [2.75, 3.05) is 92.3 Å². The molecule has 0 fully saturated rings. The number of hydrogen-bond acceptors (Lipinski definition) is 15. The van der Waals surface area contributed by atoms with Crippen molar-refractivity contribution in [2.24, 2.45) is 23.7 Å². The largest absolute Gasteiger partial charge is 0.499 e. The lowest BCUT2D eigenvalue weighted by Gasteiger charge is -2.28. The highest BCUT2D eigenvalue weighted by molar-refractivity contribution is 5.89. The van der Waals surface area contributed by atoms with E-state index in [0.29, 0.717) is 121 Å². The Hall–Kier alpha value is -8.14. The molecule has 7 unspecified atom stereocenters. The van der Waals surface area contributed by atoms with Crippen LogP contribution in [0.25, 0.3) is 15.8 Å². The molecule has 0 bridgehead atoms. The highest BCUT2D eigenvalue weighted by atomic mass is 16.6. The second-order valence-corrected chi connectivity index (χ2v) is 26.3. The molecule has 3 aromatic rings. The van der Waals surface area contributed by atoms with E-state index in [2.05, 4.69) is 166 Å². The summed E-state index contributed by atoms with van der Waals surface area (Å²) in [7, 11) is 0.